The summed E-state index contributed by atoms with van der Waals surface area (Å²) in [6.07, 6.45) is 1.47. The number of fused-ring (bicyclic) bond motifs is 1. The van der Waals surface area contributed by atoms with Gasteiger partial charge in [-0.1, -0.05) is 19.4 Å². The second-order valence-electron chi connectivity index (χ2n) is 4.92. The molecule has 0 radical (unpaired) electrons. The molecule has 0 saturated heterocycles. The number of ether oxygens (including phenoxy) is 1. The molecular weight excluding hydrogens is 271 g/mol. The summed E-state index contributed by atoms with van der Waals surface area (Å²) in [6, 6.07) is 4.87. The third kappa shape index (κ3) is 2.91. The Balaban J connectivity index is 2.56. The maximum Gasteiger partial charge on any atom is 0.316 e. The van der Waals surface area contributed by atoms with E-state index in [4.69, 9.17) is 4.74 Å². The number of rotatable bonds is 6. The number of carbonyl (C=O) groups is 1. The standard InChI is InChI=1S/C16H21FN2O2/c1-4-8-11(16(20)21-6-3)15-18-14-12(17)9-7-10-13(14)19(15)5-2/h7,9-11H,4-6,8H2,1-3H3. The van der Waals surface area contributed by atoms with Gasteiger partial charge >= 0.3 is 5.97 Å². The number of imidazole rings is 1. The summed E-state index contributed by atoms with van der Waals surface area (Å²) in [5.41, 5.74) is 1.04. The number of hydrogen-bond acceptors (Lipinski definition) is 3. The van der Waals surface area contributed by atoms with Crippen molar-refractivity contribution < 1.29 is 13.9 Å². The van der Waals surface area contributed by atoms with Crippen molar-refractivity contribution in [2.24, 2.45) is 0 Å². The van der Waals surface area contributed by atoms with Crippen LogP contribution in [-0.2, 0) is 16.1 Å². The molecule has 1 unspecified atom stereocenters. The molecule has 4 nitrogen and oxygen atoms in total. The van der Waals surface area contributed by atoms with Gasteiger partial charge in [-0.05, 0) is 32.4 Å². The zero-order valence-corrected chi connectivity index (χ0v) is 12.7. The van der Waals surface area contributed by atoms with E-state index >= 15 is 0 Å². The first-order valence-corrected chi connectivity index (χ1v) is 7.45. The quantitative estimate of drug-likeness (QED) is 0.763. The maximum atomic E-state index is 13.9. The smallest absolute Gasteiger partial charge is 0.316 e. The first-order valence-electron chi connectivity index (χ1n) is 7.45. The molecule has 0 N–H and O–H groups in total. The fraction of sp³-hybridized carbons (Fsp3) is 0.500. The Morgan fingerprint density at radius 3 is 2.76 bits per heavy atom. The van der Waals surface area contributed by atoms with Crippen LogP contribution in [0.3, 0.4) is 0 Å². The van der Waals surface area contributed by atoms with Crippen molar-refractivity contribution in [1.29, 1.82) is 0 Å². The molecule has 2 aromatic rings. The number of nitrogens with zero attached hydrogens (tertiary/aromatic N) is 2. The molecule has 0 bridgehead atoms. The van der Waals surface area contributed by atoms with Crippen LogP contribution in [0.25, 0.3) is 11.0 Å². The minimum absolute atomic E-state index is 0.287. The van der Waals surface area contributed by atoms with Gasteiger partial charge < -0.3 is 9.30 Å². The zero-order chi connectivity index (χ0) is 15.4. The van der Waals surface area contributed by atoms with Gasteiger partial charge in [-0.15, -0.1) is 0 Å². The summed E-state index contributed by atoms with van der Waals surface area (Å²) in [5, 5.41) is 0. The van der Waals surface area contributed by atoms with Crippen molar-refractivity contribution in [2.75, 3.05) is 6.61 Å². The fourth-order valence-corrected chi connectivity index (χ4v) is 2.61. The number of carbonyl (C=O) groups excluding carboxylic acids is 1. The SMILES string of the molecule is CCCC(C(=O)OCC)c1nc2c(F)cccc2n1CC. The van der Waals surface area contributed by atoms with E-state index < -0.39 is 5.92 Å². The molecule has 1 aromatic carbocycles. The van der Waals surface area contributed by atoms with E-state index in [1.165, 1.54) is 6.07 Å². The van der Waals surface area contributed by atoms with Crippen LogP contribution in [0.1, 0.15) is 45.4 Å². The van der Waals surface area contributed by atoms with Crippen molar-refractivity contribution >= 4 is 17.0 Å². The summed E-state index contributed by atoms with van der Waals surface area (Å²) in [5.74, 6) is -0.496. The van der Waals surface area contributed by atoms with Crippen molar-refractivity contribution in [1.82, 2.24) is 9.55 Å². The molecule has 5 heteroatoms. The van der Waals surface area contributed by atoms with Crippen LogP contribution < -0.4 is 0 Å². The van der Waals surface area contributed by atoms with Crippen molar-refractivity contribution in [3.63, 3.8) is 0 Å². The molecule has 21 heavy (non-hydrogen) atoms. The topological polar surface area (TPSA) is 44.1 Å². The van der Waals surface area contributed by atoms with E-state index in [1.54, 1.807) is 13.0 Å². The number of hydrogen-bond donors (Lipinski definition) is 0. The average Bonchev–Trinajstić information content (AvgIpc) is 2.84. The van der Waals surface area contributed by atoms with Crippen LogP contribution in [0.4, 0.5) is 4.39 Å². The zero-order valence-electron chi connectivity index (χ0n) is 12.7. The highest BCUT2D eigenvalue weighted by molar-refractivity contribution is 5.81. The molecule has 0 spiro atoms. The van der Waals surface area contributed by atoms with Gasteiger partial charge in [0.1, 0.15) is 17.3 Å². The molecule has 1 heterocycles. The van der Waals surface area contributed by atoms with Gasteiger partial charge in [-0.3, -0.25) is 4.79 Å². The summed E-state index contributed by atoms with van der Waals surface area (Å²) < 4.78 is 21.0. The number of halogens is 1. The van der Waals surface area contributed by atoms with Crippen LogP contribution >= 0.6 is 0 Å². The second-order valence-corrected chi connectivity index (χ2v) is 4.92. The molecule has 0 aliphatic rings. The monoisotopic (exact) mass is 292 g/mol. The Kier molecular flexibility index (Phi) is 4.94. The lowest BCUT2D eigenvalue weighted by atomic mass is 10.0. The predicted octanol–water partition coefficient (Wildman–Crippen LogP) is 3.64. The van der Waals surface area contributed by atoms with Crippen molar-refractivity contribution in [3.8, 4) is 0 Å². The Labute approximate surface area is 123 Å². The minimum atomic E-state index is -0.443. The summed E-state index contributed by atoms with van der Waals surface area (Å²) >= 11 is 0. The second kappa shape index (κ2) is 6.70. The summed E-state index contributed by atoms with van der Waals surface area (Å²) in [4.78, 5) is 16.6. The average molecular weight is 292 g/mol. The highest BCUT2D eigenvalue weighted by Gasteiger charge is 2.27. The Bertz CT molecular complexity index is 636. The predicted molar refractivity (Wildman–Crippen MR) is 79.6 cm³/mol. The number of aromatic nitrogens is 2. The van der Waals surface area contributed by atoms with Crippen LogP contribution in [0.15, 0.2) is 18.2 Å². The third-order valence-corrected chi connectivity index (χ3v) is 3.54. The number of benzene rings is 1. The Morgan fingerprint density at radius 1 is 1.38 bits per heavy atom. The lowest BCUT2D eigenvalue weighted by Gasteiger charge is -2.15. The first kappa shape index (κ1) is 15.5. The minimum Gasteiger partial charge on any atom is -0.465 e. The van der Waals surface area contributed by atoms with Crippen LogP contribution in [-0.4, -0.2) is 22.1 Å². The maximum absolute atomic E-state index is 13.9. The molecule has 114 valence electrons. The molecule has 0 saturated carbocycles. The molecule has 0 amide bonds. The Morgan fingerprint density at radius 2 is 2.14 bits per heavy atom. The third-order valence-electron chi connectivity index (χ3n) is 3.54. The van der Waals surface area contributed by atoms with Crippen molar-refractivity contribution in [3.05, 3.63) is 29.8 Å². The molecule has 1 atom stereocenters. The first-order chi connectivity index (χ1) is 10.1. The number of aryl methyl sites for hydroxylation is 1. The molecule has 0 aliphatic heterocycles. The normalized spacial score (nSPS) is 12.6. The Hall–Kier alpha value is -1.91. The van der Waals surface area contributed by atoms with E-state index in [9.17, 15) is 9.18 Å². The summed E-state index contributed by atoms with van der Waals surface area (Å²) in [7, 11) is 0. The molecule has 1 aromatic heterocycles. The largest absolute Gasteiger partial charge is 0.465 e. The number of para-hydroxylation sites is 1. The fourth-order valence-electron chi connectivity index (χ4n) is 2.61. The number of esters is 1. The van der Waals surface area contributed by atoms with E-state index in [2.05, 4.69) is 4.98 Å². The van der Waals surface area contributed by atoms with Crippen LogP contribution in [0, 0.1) is 5.82 Å². The highest BCUT2D eigenvalue weighted by Crippen LogP contribution is 2.27. The van der Waals surface area contributed by atoms with Gasteiger partial charge in [-0.2, -0.15) is 0 Å². The molecule has 2 rings (SSSR count). The van der Waals surface area contributed by atoms with Gasteiger partial charge in [0.2, 0.25) is 0 Å². The van der Waals surface area contributed by atoms with Crippen LogP contribution in [0.2, 0.25) is 0 Å². The van der Waals surface area contributed by atoms with Gasteiger partial charge in [0.15, 0.2) is 5.82 Å². The molecular formula is C16H21FN2O2. The lowest BCUT2D eigenvalue weighted by Crippen LogP contribution is -2.20. The van der Waals surface area contributed by atoms with E-state index in [0.29, 0.717) is 30.9 Å². The lowest BCUT2D eigenvalue weighted by molar-refractivity contribution is -0.145. The van der Waals surface area contributed by atoms with Gasteiger partial charge in [0.05, 0.1) is 12.1 Å². The van der Waals surface area contributed by atoms with Crippen LogP contribution in [0.5, 0.6) is 0 Å². The van der Waals surface area contributed by atoms with Crippen molar-refractivity contribution in [2.45, 2.75) is 46.1 Å². The highest BCUT2D eigenvalue weighted by atomic mass is 19.1. The van der Waals surface area contributed by atoms with Gasteiger partial charge in [0.25, 0.3) is 0 Å². The molecule has 0 fully saturated rings. The van der Waals surface area contributed by atoms with E-state index in [-0.39, 0.29) is 11.8 Å². The molecule has 0 aliphatic carbocycles. The van der Waals surface area contributed by atoms with Gasteiger partial charge in [-0.25, -0.2) is 9.37 Å². The van der Waals surface area contributed by atoms with E-state index in [1.807, 2.05) is 24.5 Å². The van der Waals surface area contributed by atoms with E-state index in [0.717, 1.165) is 11.9 Å². The van der Waals surface area contributed by atoms with Gasteiger partial charge in [0, 0.05) is 6.54 Å². The summed E-state index contributed by atoms with van der Waals surface area (Å²) in [6.45, 7) is 6.72.